The molecule has 3 nitrogen and oxygen atoms in total. The SMILES string of the molecule is Cc1cc(C)cc(OS(=O)(=O)c2ccc(F)cc2F)c1. The molecule has 6 heteroatoms. The van der Waals surface area contributed by atoms with Gasteiger partial charge >= 0.3 is 10.1 Å². The predicted octanol–water partition coefficient (Wildman–Crippen LogP) is 3.35. The molecule has 0 saturated carbocycles. The fourth-order valence-corrected chi connectivity index (χ4v) is 2.80. The van der Waals surface area contributed by atoms with Crippen molar-refractivity contribution >= 4 is 10.1 Å². The monoisotopic (exact) mass is 298 g/mol. The van der Waals surface area contributed by atoms with Crippen molar-refractivity contribution in [3.63, 3.8) is 0 Å². The number of halogens is 2. The third-order valence-corrected chi connectivity index (χ3v) is 3.85. The highest BCUT2D eigenvalue weighted by Gasteiger charge is 2.22. The first kappa shape index (κ1) is 14.5. The fourth-order valence-electron chi connectivity index (χ4n) is 1.83. The summed E-state index contributed by atoms with van der Waals surface area (Å²) in [6.45, 7) is 3.57. The van der Waals surface area contributed by atoms with Crippen LogP contribution in [0.5, 0.6) is 5.75 Å². The van der Waals surface area contributed by atoms with E-state index >= 15 is 0 Å². The molecule has 0 aliphatic rings. The molecule has 0 fully saturated rings. The first-order valence-corrected chi connectivity index (χ1v) is 7.16. The molecule has 0 aromatic heterocycles. The summed E-state index contributed by atoms with van der Waals surface area (Å²) < 4.78 is 55.1. The van der Waals surface area contributed by atoms with Gasteiger partial charge < -0.3 is 4.18 Å². The first-order chi connectivity index (χ1) is 9.28. The lowest BCUT2D eigenvalue weighted by Gasteiger charge is -2.09. The average Bonchev–Trinajstić information content (AvgIpc) is 2.25. The van der Waals surface area contributed by atoms with Crippen LogP contribution in [0.1, 0.15) is 11.1 Å². The van der Waals surface area contributed by atoms with E-state index in [1.165, 1.54) is 12.1 Å². The summed E-state index contributed by atoms with van der Waals surface area (Å²) in [6, 6.07) is 7.08. The van der Waals surface area contributed by atoms with E-state index in [2.05, 4.69) is 0 Å². The Hall–Kier alpha value is -1.95. The topological polar surface area (TPSA) is 43.4 Å². The Morgan fingerprint density at radius 3 is 2.10 bits per heavy atom. The van der Waals surface area contributed by atoms with Crippen molar-refractivity contribution in [2.45, 2.75) is 18.7 Å². The van der Waals surface area contributed by atoms with E-state index < -0.39 is 26.6 Å². The van der Waals surface area contributed by atoms with Crippen molar-refractivity contribution < 1.29 is 21.4 Å². The quantitative estimate of drug-likeness (QED) is 0.816. The molecular formula is C14H12F2O3S. The second-order valence-corrected chi connectivity index (χ2v) is 5.95. The molecule has 2 rings (SSSR count). The molecule has 0 bridgehead atoms. The normalized spacial score (nSPS) is 11.4. The van der Waals surface area contributed by atoms with Crippen LogP contribution >= 0.6 is 0 Å². The molecular weight excluding hydrogens is 286 g/mol. The molecule has 0 amide bonds. The zero-order valence-electron chi connectivity index (χ0n) is 10.9. The van der Waals surface area contributed by atoms with Crippen molar-refractivity contribution in [3.05, 3.63) is 59.2 Å². The zero-order valence-corrected chi connectivity index (χ0v) is 11.7. The van der Waals surface area contributed by atoms with Crippen molar-refractivity contribution in [1.29, 1.82) is 0 Å². The molecule has 0 spiro atoms. The van der Waals surface area contributed by atoms with Crippen LogP contribution in [0.2, 0.25) is 0 Å². The smallest absolute Gasteiger partial charge is 0.342 e. The maximum atomic E-state index is 13.5. The van der Waals surface area contributed by atoms with Crippen LogP contribution in [0, 0.1) is 25.5 Å². The van der Waals surface area contributed by atoms with Gasteiger partial charge in [-0.05, 0) is 49.2 Å². The summed E-state index contributed by atoms with van der Waals surface area (Å²) in [5.74, 6) is -1.95. The molecule has 0 atom stereocenters. The van der Waals surface area contributed by atoms with Gasteiger partial charge in [0.25, 0.3) is 0 Å². The van der Waals surface area contributed by atoms with Crippen LogP contribution < -0.4 is 4.18 Å². The van der Waals surface area contributed by atoms with Gasteiger partial charge in [0.2, 0.25) is 0 Å². The summed E-state index contributed by atoms with van der Waals surface area (Å²) in [7, 11) is -4.34. The summed E-state index contributed by atoms with van der Waals surface area (Å²) in [4.78, 5) is -0.696. The number of benzene rings is 2. The Morgan fingerprint density at radius 1 is 0.950 bits per heavy atom. The summed E-state index contributed by atoms with van der Waals surface area (Å²) in [5.41, 5.74) is 1.63. The minimum absolute atomic E-state index is 0.0891. The molecule has 0 aliphatic carbocycles. The van der Waals surface area contributed by atoms with Crippen LogP contribution in [0.25, 0.3) is 0 Å². The number of aryl methyl sites for hydroxylation is 2. The molecule has 2 aromatic carbocycles. The Morgan fingerprint density at radius 2 is 1.55 bits per heavy atom. The Bertz CT molecular complexity index is 735. The minimum Gasteiger partial charge on any atom is -0.379 e. The van der Waals surface area contributed by atoms with Gasteiger partial charge in [0.05, 0.1) is 0 Å². The Kier molecular flexibility index (Phi) is 3.76. The van der Waals surface area contributed by atoms with Crippen LogP contribution in [-0.4, -0.2) is 8.42 Å². The van der Waals surface area contributed by atoms with Gasteiger partial charge in [0, 0.05) is 6.07 Å². The van der Waals surface area contributed by atoms with Gasteiger partial charge in [-0.3, -0.25) is 0 Å². The van der Waals surface area contributed by atoms with Crippen molar-refractivity contribution in [3.8, 4) is 5.75 Å². The average molecular weight is 298 g/mol. The highest BCUT2D eigenvalue weighted by atomic mass is 32.2. The van der Waals surface area contributed by atoms with Gasteiger partial charge in [-0.25, -0.2) is 8.78 Å². The van der Waals surface area contributed by atoms with Crippen molar-refractivity contribution in [2.24, 2.45) is 0 Å². The van der Waals surface area contributed by atoms with Gasteiger partial charge in [0.1, 0.15) is 22.3 Å². The molecule has 0 saturated heterocycles. The second-order valence-electron chi connectivity index (χ2n) is 4.44. The highest BCUT2D eigenvalue weighted by Crippen LogP contribution is 2.23. The summed E-state index contributed by atoms with van der Waals surface area (Å²) in [6.07, 6.45) is 0. The zero-order chi connectivity index (χ0) is 14.9. The lowest BCUT2D eigenvalue weighted by molar-refractivity contribution is 0.474. The van der Waals surface area contributed by atoms with Crippen molar-refractivity contribution in [2.75, 3.05) is 0 Å². The molecule has 0 radical (unpaired) electrons. The molecule has 0 unspecified atom stereocenters. The lowest BCUT2D eigenvalue weighted by atomic mass is 10.1. The Labute approximate surface area is 115 Å². The molecule has 20 heavy (non-hydrogen) atoms. The Balaban J connectivity index is 2.40. The highest BCUT2D eigenvalue weighted by molar-refractivity contribution is 7.87. The van der Waals surface area contributed by atoms with E-state index in [-0.39, 0.29) is 5.75 Å². The number of rotatable bonds is 3. The predicted molar refractivity (Wildman–Crippen MR) is 70.1 cm³/mol. The molecule has 0 aliphatic heterocycles. The van der Waals surface area contributed by atoms with E-state index in [9.17, 15) is 17.2 Å². The second kappa shape index (κ2) is 5.20. The van der Waals surface area contributed by atoms with E-state index in [0.717, 1.165) is 23.3 Å². The third-order valence-electron chi connectivity index (χ3n) is 2.56. The third kappa shape index (κ3) is 3.14. The van der Waals surface area contributed by atoms with Crippen LogP contribution in [0.15, 0.2) is 41.3 Å². The maximum absolute atomic E-state index is 13.5. The fraction of sp³-hybridized carbons (Fsp3) is 0.143. The molecule has 106 valence electrons. The molecule has 0 N–H and O–H groups in total. The summed E-state index contributed by atoms with van der Waals surface area (Å²) in [5, 5.41) is 0. The van der Waals surface area contributed by atoms with Crippen LogP contribution in [0.4, 0.5) is 8.78 Å². The van der Waals surface area contributed by atoms with Gasteiger partial charge in [-0.2, -0.15) is 8.42 Å². The van der Waals surface area contributed by atoms with Gasteiger partial charge in [0.15, 0.2) is 0 Å². The van der Waals surface area contributed by atoms with E-state index in [4.69, 9.17) is 4.18 Å². The number of hydrogen-bond donors (Lipinski definition) is 0. The van der Waals surface area contributed by atoms with Crippen LogP contribution in [-0.2, 0) is 10.1 Å². The number of hydrogen-bond acceptors (Lipinski definition) is 3. The molecule has 2 aromatic rings. The van der Waals surface area contributed by atoms with E-state index in [0.29, 0.717) is 6.07 Å². The van der Waals surface area contributed by atoms with Crippen LogP contribution in [0.3, 0.4) is 0 Å². The minimum atomic E-state index is -4.34. The van der Waals surface area contributed by atoms with E-state index in [1.807, 2.05) is 6.07 Å². The first-order valence-electron chi connectivity index (χ1n) is 5.76. The molecule has 0 heterocycles. The van der Waals surface area contributed by atoms with E-state index in [1.54, 1.807) is 13.8 Å². The largest absolute Gasteiger partial charge is 0.379 e. The lowest BCUT2D eigenvalue weighted by Crippen LogP contribution is -2.12. The summed E-state index contributed by atoms with van der Waals surface area (Å²) >= 11 is 0. The standard InChI is InChI=1S/C14H12F2O3S/c1-9-5-10(2)7-12(6-9)19-20(17,18)14-4-3-11(15)8-13(14)16/h3-8H,1-2H3. The van der Waals surface area contributed by atoms with Gasteiger partial charge in [-0.1, -0.05) is 6.07 Å². The van der Waals surface area contributed by atoms with Gasteiger partial charge in [-0.15, -0.1) is 0 Å². The maximum Gasteiger partial charge on any atom is 0.342 e. The van der Waals surface area contributed by atoms with Crippen molar-refractivity contribution in [1.82, 2.24) is 0 Å².